The number of aromatic amines is 1. The van der Waals surface area contributed by atoms with Crippen LogP contribution in [-0.4, -0.2) is 35.8 Å². The standard InChI is InChI=1S/C23H23N3O3/c1-15-4-10-20-18(12-15)13-19(22(28)25-20)14-24-21(27)11-7-16-5-8-17(9-6-16)23(29)26(2)3/h4-13H,14H2,1-3H3,(H,24,27)(H,25,28)/b11-7+. The minimum absolute atomic E-state index is 0.0749. The van der Waals surface area contributed by atoms with Crippen LogP contribution in [0.4, 0.5) is 0 Å². The van der Waals surface area contributed by atoms with E-state index in [9.17, 15) is 14.4 Å². The molecule has 2 aromatic carbocycles. The van der Waals surface area contributed by atoms with Crippen LogP contribution in [0, 0.1) is 6.92 Å². The van der Waals surface area contributed by atoms with E-state index in [2.05, 4.69) is 10.3 Å². The molecule has 1 heterocycles. The van der Waals surface area contributed by atoms with Crippen molar-refractivity contribution in [3.8, 4) is 0 Å². The van der Waals surface area contributed by atoms with Crippen LogP contribution in [0.3, 0.4) is 0 Å². The molecule has 148 valence electrons. The van der Waals surface area contributed by atoms with Crippen molar-refractivity contribution in [1.82, 2.24) is 15.2 Å². The first-order valence-corrected chi connectivity index (χ1v) is 9.23. The van der Waals surface area contributed by atoms with E-state index in [1.807, 2.05) is 25.1 Å². The Morgan fingerprint density at radius 3 is 2.48 bits per heavy atom. The molecule has 0 atom stereocenters. The lowest BCUT2D eigenvalue weighted by molar-refractivity contribution is -0.116. The summed E-state index contributed by atoms with van der Waals surface area (Å²) >= 11 is 0. The summed E-state index contributed by atoms with van der Waals surface area (Å²) in [7, 11) is 3.39. The van der Waals surface area contributed by atoms with Crippen molar-refractivity contribution >= 4 is 28.8 Å². The summed E-state index contributed by atoms with van der Waals surface area (Å²) in [4.78, 5) is 40.5. The summed E-state index contributed by atoms with van der Waals surface area (Å²) < 4.78 is 0. The highest BCUT2D eigenvalue weighted by Gasteiger charge is 2.07. The summed E-state index contributed by atoms with van der Waals surface area (Å²) in [6.07, 6.45) is 3.06. The van der Waals surface area contributed by atoms with E-state index in [1.165, 1.54) is 11.0 Å². The fourth-order valence-corrected chi connectivity index (χ4v) is 2.91. The fourth-order valence-electron chi connectivity index (χ4n) is 2.91. The van der Waals surface area contributed by atoms with Gasteiger partial charge in [0.25, 0.3) is 11.5 Å². The third kappa shape index (κ3) is 4.99. The maximum atomic E-state index is 12.2. The number of nitrogens with zero attached hydrogens (tertiary/aromatic N) is 1. The smallest absolute Gasteiger partial charge is 0.253 e. The third-order valence-corrected chi connectivity index (χ3v) is 4.52. The molecule has 1 aromatic heterocycles. The maximum absolute atomic E-state index is 12.2. The molecule has 0 radical (unpaired) electrons. The maximum Gasteiger partial charge on any atom is 0.253 e. The number of rotatable bonds is 5. The molecule has 0 saturated carbocycles. The van der Waals surface area contributed by atoms with Crippen LogP contribution in [0.15, 0.2) is 59.4 Å². The number of pyridine rings is 1. The highest BCUT2D eigenvalue weighted by Crippen LogP contribution is 2.13. The number of hydrogen-bond acceptors (Lipinski definition) is 3. The number of benzene rings is 2. The average molecular weight is 389 g/mol. The molecule has 3 rings (SSSR count). The van der Waals surface area contributed by atoms with E-state index in [1.54, 1.807) is 50.5 Å². The van der Waals surface area contributed by atoms with Crippen LogP contribution in [0.25, 0.3) is 17.0 Å². The number of amides is 2. The van der Waals surface area contributed by atoms with E-state index in [0.29, 0.717) is 11.1 Å². The lowest BCUT2D eigenvalue weighted by Gasteiger charge is -2.09. The van der Waals surface area contributed by atoms with Crippen LogP contribution in [-0.2, 0) is 11.3 Å². The van der Waals surface area contributed by atoms with Crippen molar-refractivity contribution in [2.45, 2.75) is 13.5 Å². The number of aromatic nitrogens is 1. The van der Waals surface area contributed by atoms with Gasteiger partial charge in [0.1, 0.15) is 0 Å². The Bertz CT molecular complexity index is 1140. The highest BCUT2D eigenvalue weighted by atomic mass is 16.2. The highest BCUT2D eigenvalue weighted by molar-refractivity contribution is 5.94. The molecule has 2 amide bonds. The van der Waals surface area contributed by atoms with Crippen molar-refractivity contribution in [2.75, 3.05) is 14.1 Å². The second kappa shape index (κ2) is 8.56. The van der Waals surface area contributed by atoms with Gasteiger partial charge in [0, 0.05) is 43.4 Å². The minimum atomic E-state index is -0.304. The number of aryl methyl sites for hydroxylation is 1. The van der Waals surface area contributed by atoms with E-state index in [0.717, 1.165) is 22.0 Å². The number of H-pyrrole nitrogens is 1. The molecule has 0 bridgehead atoms. The summed E-state index contributed by atoms with van der Waals surface area (Å²) in [6.45, 7) is 2.12. The number of hydrogen-bond donors (Lipinski definition) is 2. The molecule has 3 aromatic rings. The Morgan fingerprint density at radius 1 is 1.07 bits per heavy atom. The normalized spacial score (nSPS) is 11.0. The Hall–Kier alpha value is -3.67. The van der Waals surface area contributed by atoms with Gasteiger partial charge in [-0.1, -0.05) is 23.8 Å². The molecule has 29 heavy (non-hydrogen) atoms. The number of fused-ring (bicyclic) bond motifs is 1. The van der Waals surface area contributed by atoms with Crippen molar-refractivity contribution in [3.05, 3.63) is 87.2 Å². The number of carbonyl (C=O) groups excluding carboxylic acids is 2. The monoisotopic (exact) mass is 389 g/mol. The van der Waals surface area contributed by atoms with Gasteiger partial charge in [0.2, 0.25) is 5.91 Å². The molecule has 0 aliphatic rings. The first-order valence-electron chi connectivity index (χ1n) is 9.23. The zero-order valence-corrected chi connectivity index (χ0v) is 16.7. The van der Waals surface area contributed by atoms with Crippen LogP contribution < -0.4 is 10.9 Å². The predicted octanol–water partition coefficient (Wildman–Crippen LogP) is 2.87. The lowest BCUT2D eigenvalue weighted by atomic mass is 10.1. The number of nitrogens with one attached hydrogen (secondary N) is 2. The van der Waals surface area contributed by atoms with E-state index in [4.69, 9.17) is 0 Å². The third-order valence-electron chi connectivity index (χ3n) is 4.52. The molecule has 0 unspecified atom stereocenters. The first-order chi connectivity index (χ1) is 13.8. The van der Waals surface area contributed by atoms with Crippen LogP contribution in [0.1, 0.15) is 27.0 Å². The van der Waals surface area contributed by atoms with Gasteiger partial charge in [0.05, 0.1) is 0 Å². The quantitative estimate of drug-likeness (QED) is 0.659. The Labute approximate surface area is 168 Å². The molecule has 2 N–H and O–H groups in total. The molecule has 0 fully saturated rings. The van der Waals surface area contributed by atoms with Gasteiger partial charge in [-0.15, -0.1) is 0 Å². The van der Waals surface area contributed by atoms with Crippen molar-refractivity contribution in [2.24, 2.45) is 0 Å². The Morgan fingerprint density at radius 2 is 1.79 bits per heavy atom. The molecule has 0 aliphatic heterocycles. The SMILES string of the molecule is Cc1ccc2[nH]c(=O)c(CNC(=O)/C=C/c3ccc(C(=O)N(C)C)cc3)cc2c1. The van der Waals surface area contributed by atoms with Gasteiger partial charge in [0.15, 0.2) is 0 Å². The van der Waals surface area contributed by atoms with Gasteiger partial charge in [-0.25, -0.2) is 0 Å². The molecular weight excluding hydrogens is 366 g/mol. The fraction of sp³-hybridized carbons (Fsp3) is 0.174. The molecule has 6 heteroatoms. The summed E-state index contributed by atoms with van der Waals surface area (Å²) in [6, 6.07) is 14.6. The van der Waals surface area contributed by atoms with E-state index >= 15 is 0 Å². The molecule has 0 spiro atoms. The second-order valence-electron chi connectivity index (χ2n) is 7.09. The average Bonchev–Trinajstić information content (AvgIpc) is 2.70. The Kier molecular flexibility index (Phi) is 5.93. The van der Waals surface area contributed by atoms with Crippen LogP contribution >= 0.6 is 0 Å². The van der Waals surface area contributed by atoms with Gasteiger partial charge in [-0.2, -0.15) is 0 Å². The van der Waals surface area contributed by atoms with E-state index in [-0.39, 0.29) is 23.9 Å². The molecule has 6 nitrogen and oxygen atoms in total. The first kappa shape index (κ1) is 20.1. The predicted molar refractivity (Wildman–Crippen MR) is 115 cm³/mol. The summed E-state index contributed by atoms with van der Waals surface area (Å²) in [5.41, 5.74) is 3.53. The second-order valence-corrected chi connectivity index (χ2v) is 7.09. The largest absolute Gasteiger partial charge is 0.348 e. The van der Waals surface area contributed by atoms with Crippen LogP contribution in [0.2, 0.25) is 0 Å². The summed E-state index contributed by atoms with van der Waals surface area (Å²) in [5, 5.41) is 3.65. The summed E-state index contributed by atoms with van der Waals surface area (Å²) in [5.74, 6) is -0.378. The zero-order chi connectivity index (χ0) is 21.0. The molecule has 0 aliphatic carbocycles. The Balaban J connectivity index is 1.64. The van der Waals surface area contributed by atoms with Crippen molar-refractivity contribution in [1.29, 1.82) is 0 Å². The van der Waals surface area contributed by atoms with Gasteiger partial charge in [-0.05, 0) is 54.3 Å². The number of carbonyl (C=O) groups is 2. The molecule has 0 saturated heterocycles. The minimum Gasteiger partial charge on any atom is -0.348 e. The molecular formula is C23H23N3O3. The van der Waals surface area contributed by atoms with Crippen molar-refractivity contribution < 1.29 is 9.59 Å². The van der Waals surface area contributed by atoms with Crippen molar-refractivity contribution in [3.63, 3.8) is 0 Å². The topological polar surface area (TPSA) is 82.3 Å². The van der Waals surface area contributed by atoms with Crippen LogP contribution in [0.5, 0.6) is 0 Å². The van der Waals surface area contributed by atoms with Gasteiger partial charge in [-0.3, -0.25) is 14.4 Å². The lowest BCUT2D eigenvalue weighted by Crippen LogP contribution is -2.25. The van der Waals surface area contributed by atoms with E-state index < -0.39 is 0 Å². The van der Waals surface area contributed by atoms with Gasteiger partial charge < -0.3 is 15.2 Å². The van der Waals surface area contributed by atoms with Gasteiger partial charge >= 0.3 is 0 Å². The zero-order valence-electron chi connectivity index (χ0n) is 16.7.